The van der Waals surface area contributed by atoms with E-state index >= 15 is 0 Å². The molecule has 8 heteroatoms. The molecule has 8 nitrogen and oxygen atoms in total. The number of rotatable bonds is 4. The summed E-state index contributed by atoms with van der Waals surface area (Å²) in [6.07, 6.45) is 3.39. The Hall–Kier alpha value is -3.31. The van der Waals surface area contributed by atoms with E-state index in [0.29, 0.717) is 29.5 Å². The van der Waals surface area contributed by atoms with Crippen LogP contribution in [0.3, 0.4) is 0 Å². The molecular formula is C18H17N7O. The summed E-state index contributed by atoms with van der Waals surface area (Å²) in [7, 11) is 0. The van der Waals surface area contributed by atoms with Crippen molar-refractivity contribution in [2.75, 3.05) is 31.1 Å². The van der Waals surface area contributed by atoms with Crippen LogP contribution >= 0.6 is 0 Å². The molecule has 0 bridgehead atoms. The van der Waals surface area contributed by atoms with Crippen LogP contribution in [0.1, 0.15) is 11.5 Å². The number of pyridine rings is 2. The summed E-state index contributed by atoms with van der Waals surface area (Å²) in [6.45, 7) is 4.01. The van der Waals surface area contributed by atoms with Crippen molar-refractivity contribution in [3.05, 3.63) is 54.2 Å². The molecule has 0 unspecified atom stereocenters. The second kappa shape index (κ2) is 7.29. The minimum absolute atomic E-state index is 0.511. The maximum absolute atomic E-state index is 9.02. The van der Waals surface area contributed by atoms with Gasteiger partial charge in [-0.25, -0.2) is 4.98 Å². The van der Waals surface area contributed by atoms with Gasteiger partial charge in [-0.2, -0.15) is 10.2 Å². The van der Waals surface area contributed by atoms with Gasteiger partial charge in [0.05, 0.1) is 18.2 Å². The van der Waals surface area contributed by atoms with Crippen LogP contribution in [0.25, 0.3) is 11.5 Å². The third-order valence-corrected chi connectivity index (χ3v) is 4.29. The predicted molar refractivity (Wildman–Crippen MR) is 94.0 cm³/mol. The van der Waals surface area contributed by atoms with Gasteiger partial charge in [0, 0.05) is 38.6 Å². The van der Waals surface area contributed by atoms with Gasteiger partial charge in [-0.05, 0) is 24.3 Å². The predicted octanol–water partition coefficient (Wildman–Crippen LogP) is 1.72. The third kappa shape index (κ3) is 3.53. The number of hydrogen-bond acceptors (Lipinski definition) is 8. The highest BCUT2D eigenvalue weighted by molar-refractivity contribution is 5.47. The largest absolute Gasteiger partial charge is 0.354 e. The van der Waals surface area contributed by atoms with Crippen molar-refractivity contribution in [1.82, 2.24) is 25.0 Å². The Labute approximate surface area is 150 Å². The topological polar surface area (TPSA) is 95.0 Å². The zero-order valence-electron chi connectivity index (χ0n) is 14.1. The summed E-state index contributed by atoms with van der Waals surface area (Å²) in [4.78, 5) is 17.5. The minimum Gasteiger partial charge on any atom is -0.354 e. The molecule has 0 amide bonds. The van der Waals surface area contributed by atoms with Crippen molar-refractivity contribution >= 4 is 5.82 Å². The Balaban J connectivity index is 1.36. The molecule has 0 aliphatic carbocycles. The lowest BCUT2D eigenvalue weighted by Gasteiger charge is -2.34. The van der Waals surface area contributed by atoms with Gasteiger partial charge in [0.15, 0.2) is 0 Å². The van der Waals surface area contributed by atoms with Gasteiger partial charge in [0.2, 0.25) is 11.7 Å². The normalized spacial score (nSPS) is 15.0. The second-order valence-electron chi connectivity index (χ2n) is 6.00. The summed E-state index contributed by atoms with van der Waals surface area (Å²) in [6, 6.07) is 11.3. The van der Waals surface area contributed by atoms with E-state index in [4.69, 9.17) is 9.78 Å². The van der Waals surface area contributed by atoms with Gasteiger partial charge in [-0.15, -0.1) is 0 Å². The fourth-order valence-electron chi connectivity index (χ4n) is 2.91. The first-order valence-corrected chi connectivity index (χ1v) is 8.39. The zero-order valence-corrected chi connectivity index (χ0v) is 14.1. The molecule has 1 aliphatic heterocycles. The number of nitriles is 1. The molecule has 3 aromatic heterocycles. The molecule has 0 atom stereocenters. The third-order valence-electron chi connectivity index (χ3n) is 4.29. The molecule has 4 rings (SSSR count). The van der Waals surface area contributed by atoms with Crippen LogP contribution < -0.4 is 4.90 Å². The van der Waals surface area contributed by atoms with Crippen LogP contribution in [0.2, 0.25) is 0 Å². The van der Waals surface area contributed by atoms with Crippen LogP contribution in [-0.2, 0) is 6.54 Å². The van der Waals surface area contributed by atoms with Crippen molar-refractivity contribution in [2.45, 2.75) is 6.54 Å². The Bertz CT molecular complexity index is 911. The number of anilines is 1. The van der Waals surface area contributed by atoms with Crippen LogP contribution in [-0.4, -0.2) is 51.2 Å². The molecule has 26 heavy (non-hydrogen) atoms. The summed E-state index contributed by atoms with van der Waals surface area (Å²) >= 11 is 0. The first-order valence-electron chi connectivity index (χ1n) is 8.39. The quantitative estimate of drug-likeness (QED) is 0.704. The SMILES string of the molecule is N#Cc1ccnc(N2CCN(Cc3nc(-c4ccccn4)no3)CC2)c1. The van der Waals surface area contributed by atoms with Gasteiger partial charge in [-0.3, -0.25) is 9.88 Å². The van der Waals surface area contributed by atoms with Crippen LogP contribution in [0.4, 0.5) is 5.82 Å². The number of piperazine rings is 1. The smallest absolute Gasteiger partial charge is 0.241 e. The number of hydrogen-bond donors (Lipinski definition) is 0. The lowest BCUT2D eigenvalue weighted by molar-refractivity contribution is 0.215. The van der Waals surface area contributed by atoms with Crippen molar-refractivity contribution in [3.8, 4) is 17.6 Å². The number of nitrogens with zero attached hydrogens (tertiary/aromatic N) is 7. The monoisotopic (exact) mass is 347 g/mol. The lowest BCUT2D eigenvalue weighted by atomic mass is 10.2. The van der Waals surface area contributed by atoms with Crippen molar-refractivity contribution in [2.24, 2.45) is 0 Å². The van der Waals surface area contributed by atoms with Gasteiger partial charge in [0.1, 0.15) is 11.5 Å². The molecular weight excluding hydrogens is 330 g/mol. The molecule has 1 fully saturated rings. The molecule has 4 heterocycles. The summed E-state index contributed by atoms with van der Waals surface area (Å²) in [5.74, 6) is 1.94. The first-order chi connectivity index (χ1) is 12.8. The van der Waals surface area contributed by atoms with E-state index < -0.39 is 0 Å². The minimum atomic E-state index is 0.511. The molecule has 0 saturated carbocycles. The summed E-state index contributed by atoms with van der Waals surface area (Å²) in [5, 5.41) is 13.0. The first kappa shape index (κ1) is 16.2. The summed E-state index contributed by atoms with van der Waals surface area (Å²) < 4.78 is 5.36. The van der Waals surface area contributed by atoms with Gasteiger partial charge in [-0.1, -0.05) is 11.2 Å². The van der Waals surface area contributed by atoms with Gasteiger partial charge >= 0.3 is 0 Å². The second-order valence-corrected chi connectivity index (χ2v) is 6.00. The number of aromatic nitrogens is 4. The van der Waals surface area contributed by atoms with E-state index in [1.165, 1.54) is 0 Å². The maximum Gasteiger partial charge on any atom is 0.241 e. The molecule has 0 radical (unpaired) electrons. The van der Waals surface area contributed by atoms with Crippen LogP contribution in [0.5, 0.6) is 0 Å². The lowest BCUT2D eigenvalue weighted by Crippen LogP contribution is -2.46. The molecule has 1 saturated heterocycles. The molecule has 130 valence electrons. The summed E-state index contributed by atoms with van der Waals surface area (Å²) in [5.41, 5.74) is 1.33. The zero-order chi connectivity index (χ0) is 17.8. The van der Waals surface area contributed by atoms with E-state index in [1.807, 2.05) is 24.3 Å². The molecule has 1 aliphatic rings. The van der Waals surface area contributed by atoms with E-state index in [-0.39, 0.29) is 0 Å². The Morgan fingerprint density at radius 3 is 2.73 bits per heavy atom. The highest BCUT2D eigenvalue weighted by Gasteiger charge is 2.20. The Morgan fingerprint density at radius 2 is 1.96 bits per heavy atom. The maximum atomic E-state index is 9.02. The molecule has 3 aromatic rings. The highest BCUT2D eigenvalue weighted by Crippen LogP contribution is 2.17. The van der Waals surface area contributed by atoms with Crippen LogP contribution in [0.15, 0.2) is 47.2 Å². The highest BCUT2D eigenvalue weighted by atomic mass is 16.5. The molecule has 0 aromatic carbocycles. The van der Waals surface area contributed by atoms with E-state index in [9.17, 15) is 0 Å². The van der Waals surface area contributed by atoms with Gasteiger partial charge in [0.25, 0.3) is 0 Å². The van der Waals surface area contributed by atoms with E-state index in [1.54, 1.807) is 18.5 Å². The van der Waals surface area contributed by atoms with Crippen molar-refractivity contribution in [3.63, 3.8) is 0 Å². The Morgan fingerprint density at radius 1 is 1.08 bits per heavy atom. The average Bonchev–Trinajstić information content (AvgIpc) is 3.18. The molecule has 0 N–H and O–H groups in total. The molecule has 0 spiro atoms. The standard InChI is InChI=1S/C18H17N7O/c19-12-14-4-6-21-16(11-14)25-9-7-24(8-10-25)13-17-22-18(23-26-17)15-3-1-2-5-20-15/h1-6,11H,7-10,13H2. The van der Waals surface area contributed by atoms with Crippen molar-refractivity contribution < 1.29 is 4.52 Å². The Kier molecular flexibility index (Phi) is 4.53. The van der Waals surface area contributed by atoms with Crippen LogP contribution in [0, 0.1) is 11.3 Å². The fourth-order valence-corrected chi connectivity index (χ4v) is 2.91. The van der Waals surface area contributed by atoms with E-state index in [2.05, 4.69) is 36.0 Å². The van der Waals surface area contributed by atoms with Crippen molar-refractivity contribution in [1.29, 1.82) is 5.26 Å². The average molecular weight is 347 g/mol. The van der Waals surface area contributed by atoms with Gasteiger partial charge < -0.3 is 9.42 Å². The van der Waals surface area contributed by atoms with E-state index in [0.717, 1.165) is 32.0 Å². The fraction of sp³-hybridized carbons (Fsp3) is 0.278.